The fourth-order valence-electron chi connectivity index (χ4n) is 3.24. The van der Waals surface area contributed by atoms with Crippen LogP contribution in [-0.4, -0.2) is 32.7 Å². The largest absolute Gasteiger partial charge is 0.444 e. The molecule has 3 rings (SSSR count). The Bertz CT molecular complexity index is 767. The molecule has 7 heteroatoms. The summed E-state index contributed by atoms with van der Waals surface area (Å²) >= 11 is 0. The Morgan fingerprint density at radius 3 is 2.68 bits per heavy atom. The molecule has 2 aromatic rings. The van der Waals surface area contributed by atoms with Crippen LogP contribution < -0.4 is 0 Å². The van der Waals surface area contributed by atoms with Gasteiger partial charge in [0.1, 0.15) is 11.4 Å². The maximum Gasteiger partial charge on any atom is 0.410 e. The quantitative estimate of drug-likeness (QED) is 0.774. The third-order valence-electron chi connectivity index (χ3n) is 4.25. The lowest BCUT2D eigenvalue weighted by Crippen LogP contribution is -2.42. The van der Waals surface area contributed by atoms with Crippen molar-refractivity contribution in [3.8, 4) is 0 Å². The van der Waals surface area contributed by atoms with Crippen molar-refractivity contribution in [1.29, 1.82) is 0 Å². The molecule has 2 heterocycles. The first kappa shape index (κ1) is 17.6. The molecule has 0 spiro atoms. The summed E-state index contributed by atoms with van der Waals surface area (Å²) in [6, 6.07) is 6.29. The molecular weight excluding hydrogens is 328 g/mol. The van der Waals surface area contributed by atoms with E-state index in [1.54, 1.807) is 45.0 Å². The van der Waals surface area contributed by atoms with E-state index in [9.17, 15) is 13.6 Å². The maximum atomic E-state index is 13.7. The van der Waals surface area contributed by atoms with E-state index in [0.29, 0.717) is 24.0 Å². The second kappa shape index (κ2) is 6.61. The topological polar surface area (TPSA) is 47.4 Å². The minimum Gasteiger partial charge on any atom is -0.444 e. The Labute approximate surface area is 145 Å². The minimum absolute atomic E-state index is 0.224. The molecular formula is C18H23F2N3O2. The van der Waals surface area contributed by atoms with Crippen LogP contribution in [0, 0.1) is 0 Å². The van der Waals surface area contributed by atoms with Crippen molar-refractivity contribution in [2.45, 2.75) is 58.2 Å². The van der Waals surface area contributed by atoms with Crippen LogP contribution in [0.4, 0.5) is 13.6 Å². The molecule has 1 atom stereocenters. The molecule has 1 aliphatic heterocycles. The van der Waals surface area contributed by atoms with Gasteiger partial charge in [-0.05, 0) is 52.2 Å². The third kappa shape index (κ3) is 3.60. The summed E-state index contributed by atoms with van der Waals surface area (Å²) in [5, 5.41) is 0. The van der Waals surface area contributed by atoms with Crippen LogP contribution in [0.2, 0.25) is 0 Å². The number of para-hydroxylation sites is 2. The molecule has 0 N–H and O–H groups in total. The van der Waals surface area contributed by atoms with Crippen molar-refractivity contribution in [3.63, 3.8) is 0 Å². The van der Waals surface area contributed by atoms with E-state index in [2.05, 4.69) is 4.98 Å². The standard InChI is InChI=1S/C18H23F2N3O2/c1-18(2,3)25-17(24)22-11-7-6-10-14(22)15-21-12-8-4-5-9-13(12)23(15)16(19)20/h4-5,8-9,14,16H,6-7,10-11H2,1-3H3. The predicted octanol–water partition coefficient (Wildman–Crippen LogP) is 4.89. The van der Waals surface area contributed by atoms with Gasteiger partial charge in [0.05, 0.1) is 17.1 Å². The average Bonchev–Trinajstić information content (AvgIpc) is 2.92. The van der Waals surface area contributed by atoms with E-state index in [-0.39, 0.29) is 5.82 Å². The Morgan fingerprint density at radius 1 is 1.28 bits per heavy atom. The molecule has 1 unspecified atom stereocenters. The number of likely N-dealkylation sites (tertiary alicyclic amines) is 1. The number of alkyl halides is 2. The van der Waals surface area contributed by atoms with Gasteiger partial charge in [-0.25, -0.2) is 9.78 Å². The molecule has 25 heavy (non-hydrogen) atoms. The van der Waals surface area contributed by atoms with Crippen LogP contribution in [0.25, 0.3) is 11.0 Å². The van der Waals surface area contributed by atoms with Crippen LogP contribution in [-0.2, 0) is 4.74 Å². The van der Waals surface area contributed by atoms with Crippen molar-refractivity contribution < 1.29 is 18.3 Å². The molecule has 0 bridgehead atoms. The van der Waals surface area contributed by atoms with E-state index in [4.69, 9.17) is 4.74 Å². The summed E-state index contributed by atoms with van der Waals surface area (Å²) in [5.74, 6) is 0.224. The predicted molar refractivity (Wildman–Crippen MR) is 90.5 cm³/mol. The van der Waals surface area contributed by atoms with Crippen molar-refractivity contribution in [2.24, 2.45) is 0 Å². The van der Waals surface area contributed by atoms with Gasteiger partial charge in [0.25, 0.3) is 0 Å². The molecule has 1 aromatic carbocycles. The van der Waals surface area contributed by atoms with Crippen LogP contribution in [0.15, 0.2) is 24.3 Å². The Balaban J connectivity index is 2.02. The van der Waals surface area contributed by atoms with Crippen molar-refractivity contribution >= 4 is 17.1 Å². The summed E-state index contributed by atoms with van der Waals surface area (Å²) in [7, 11) is 0. The number of amides is 1. The number of carbonyl (C=O) groups excluding carboxylic acids is 1. The van der Waals surface area contributed by atoms with Gasteiger partial charge in [0.2, 0.25) is 0 Å². The van der Waals surface area contributed by atoms with E-state index in [1.165, 1.54) is 4.90 Å². The van der Waals surface area contributed by atoms with E-state index < -0.39 is 24.3 Å². The summed E-state index contributed by atoms with van der Waals surface area (Å²) in [6.07, 6.45) is 1.79. The number of rotatable bonds is 2. The van der Waals surface area contributed by atoms with Gasteiger partial charge in [-0.2, -0.15) is 8.78 Å². The van der Waals surface area contributed by atoms with Crippen molar-refractivity contribution in [2.75, 3.05) is 6.54 Å². The van der Waals surface area contributed by atoms with Crippen molar-refractivity contribution in [3.05, 3.63) is 30.1 Å². The number of carbonyl (C=O) groups is 1. The molecule has 0 radical (unpaired) electrons. The number of halogens is 2. The van der Waals surface area contributed by atoms with Gasteiger partial charge >= 0.3 is 12.6 Å². The second-order valence-electron chi connectivity index (χ2n) is 7.29. The normalized spacial score (nSPS) is 18.8. The van der Waals surface area contributed by atoms with Crippen LogP contribution in [0.3, 0.4) is 0 Å². The van der Waals surface area contributed by atoms with Gasteiger partial charge in [-0.15, -0.1) is 0 Å². The fourth-order valence-corrected chi connectivity index (χ4v) is 3.24. The van der Waals surface area contributed by atoms with Gasteiger partial charge in [0.15, 0.2) is 0 Å². The molecule has 1 amide bonds. The van der Waals surface area contributed by atoms with E-state index >= 15 is 0 Å². The van der Waals surface area contributed by atoms with E-state index in [0.717, 1.165) is 17.4 Å². The number of hydrogen-bond acceptors (Lipinski definition) is 3. The summed E-state index contributed by atoms with van der Waals surface area (Å²) < 4.78 is 33.9. The highest BCUT2D eigenvalue weighted by Gasteiger charge is 2.35. The van der Waals surface area contributed by atoms with Gasteiger partial charge in [-0.1, -0.05) is 12.1 Å². The zero-order chi connectivity index (χ0) is 18.2. The highest BCUT2D eigenvalue weighted by atomic mass is 19.3. The summed E-state index contributed by atoms with van der Waals surface area (Å²) in [6.45, 7) is 3.13. The maximum absolute atomic E-state index is 13.7. The number of benzene rings is 1. The highest BCUT2D eigenvalue weighted by Crippen LogP contribution is 2.35. The highest BCUT2D eigenvalue weighted by molar-refractivity contribution is 5.76. The monoisotopic (exact) mass is 351 g/mol. The van der Waals surface area contributed by atoms with Gasteiger partial charge in [-0.3, -0.25) is 9.47 Å². The molecule has 0 aliphatic carbocycles. The van der Waals surface area contributed by atoms with Gasteiger partial charge in [0, 0.05) is 6.54 Å². The van der Waals surface area contributed by atoms with Crippen LogP contribution >= 0.6 is 0 Å². The van der Waals surface area contributed by atoms with E-state index in [1.807, 2.05) is 0 Å². The number of imidazole rings is 1. The molecule has 0 saturated carbocycles. The lowest BCUT2D eigenvalue weighted by Gasteiger charge is -2.36. The molecule has 1 aromatic heterocycles. The Kier molecular flexibility index (Phi) is 4.67. The Hall–Kier alpha value is -2.18. The number of ether oxygens (including phenoxy) is 1. The summed E-state index contributed by atoms with van der Waals surface area (Å²) in [4.78, 5) is 18.5. The number of hydrogen-bond donors (Lipinski definition) is 0. The zero-order valence-corrected chi connectivity index (χ0v) is 14.7. The SMILES string of the molecule is CC(C)(C)OC(=O)N1CCCCC1c1nc2ccccc2n1C(F)F. The first-order valence-corrected chi connectivity index (χ1v) is 8.52. The van der Waals surface area contributed by atoms with Crippen LogP contribution in [0.1, 0.15) is 58.4 Å². The Morgan fingerprint density at radius 2 is 2.00 bits per heavy atom. The third-order valence-corrected chi connectivity index (χ3v) is 4.25. The molecule has 1 saturated heterocycles. The number of nitrogens with zero attached hydrogens (tertiary/aromatic N) is 3. The number of piperidine rings is 1. The number of fused-ring (bicyclic) bond motifs is 1. The first-order chi connectivity index (χ1) is 11.8. The summed E-state index contributed by atoms with van der Waals surface area (Å²) in [5.41, 5.74) is 0.247. The minimum atomic E-state index is -2.72. The first-order valence-electron chi connectivity index (χ1n) is 8.52. The lowest BCUT2D eigenvalue weighted by molar-refractivity contribution is 0.00473. The molecule has 136 valence electrons. The zero-order valence-electron chi connectivity index (χ0n) is 14.7. The molecule has 5 nitrogen and oxygen atoms in total. The lowest BCUT2D eigenvalue weighted by atomic mass is 10.0. The molecule has 1 fully saturated rings. The number of aromatic nitrogens is 2. The van der Waals surface area contributed by atoms with Crippen LogP contribution in [0.5, 0.6) is 0 Å². The second-order valence-corrected chi connectivity index (χ2v) is 7.29. The fraction of sp³-hybridized carbons (Fsp3) is 0.556. The van der Waals surface area contributed by atoms with Gasteiger partial charge < -0.3 is 4.74 Å². The molecule has 1 aliphatic rings. The average molecular weight is 351 g/mol. The smallest absolute Gasteiger partial charge is 0.410 e. The van der Waals surface area contributed by atoms with Crippen molar-refractivity contribution in [1.82, 2.24) is 14.5 Å².